The van der Waals surface area contributed by atoms with Crippen LogP contribution in [0.4, 0.5) is 0 Å². The summed E-state index contributed by atoms with van der Waals surface area (Å²) in [4.78, 5) is 20.8. The van der Waals surface area contributed by atoms with Gasteiger partial charge in [-0.05, 0) is 55.9 Å². The largest absolute Gasteiger partial charge is 0.337 e. The Bertz CT molecular complexity index is 779. The highest BCUT2D eigenvalue weighted by molar-refractivity contribution is 7.98. The molecule has 0 N–H and O–H groups in total. The van der Waals surface area contributed by atoms with Crippen molar-refractivity contribution >= 4 is 17.7 Å². The molecule has 1 saturated heterocycles. The lowest BCUT2D eigenvalue weighted by Gasteiger charge is -2.34. The molecule has 0 saturated carbocycles. The van der Waals surface area contributed by atoms with Gasteiger partial charge in [-0.3, -0.25) is 4.79 Å². The van der Waals surface area contributed by atoms with Crippen molar-refractivity contribution in [3.63, 3.8) is 0 Å². The number of rotatable bonds is 4. The molecule has 1 aromatic carbocycles. The van der Waals surface area contributed by atoms with Gasteiger partial charge in [0.1, 0.15) is 5.69 Å². The minimum atomic E-state index is 0.0711. The van der Waals surface area contributed by atoms with Gasteiger partial charge in [0.05, 0.1) is 5.69 Å². The number of pyridine rings is 1. The summed E-state index contributed by atoms with van der Waals surface area (Å²) >= 11 is 1.78. The van der Waals surface area contributed by atoms with E-state index in [-0.39, 0.29) is 5.91 Å². The fourth-order valence-electron chi connectivity index (χ4n) is 3.78. The summed E-state index contributed by atoms with van der Waals surface area (Å²) in [6.07, 6.45) is 1.20. The lowest BCUT2D eigenvalue weighted by molar-refractivity contribution is 0.0617. The highest BCUT2D eigenvalue weighted by atomic mass is 32.2. The molecule has 3 rings (SSSR count). The molecule has 0 bridgehead atoms. The quantitative estimate of drug-likeness (QED) is 0.703. The van der Waals surface area contributed by atoms with Crippen molar-refractivity contribution in [2.75, 3.05) is 13.1 Å². The molecule has 1 fully saturated rings. The number of hydrogen-bond donors (Lipinski definition) is 0. The topological polar surface area (TPSA) is 33.2 Å². The predicted octanol–water partition coefficient (Wildman–Crippen LogP) is 5.11. The van der Waals surface area contributed by atoms with Crippen LogP contribution in [0.5, 0.6) is 0 Å². The number of hydrogen-bond acceptors (Lipinski definition) is 3. The summed E-state index contributed by atoms with van der Waals surface area (Å²) in [5, 5.41) is 0. The molecule has 2 atom stereocenters. The summed E-state index contributed by atoms with van der Waals surface area (Å²) in [5.41, 5.74) is 4.10. The van der Waals surface area contributed by atoms with E-state index in [9.17, 15) is 4.79 Å². The standard InChI is InChI=1S/C22H28N2OS/c1-15-8-9-21(18(4)11-15)26-14-19-6-5-7-20(23-19)22(25)24-12-16(2)10-17(3)13-24/h5-9,11,16-17H,10,12-14H2,1-4H3. The lowest BCUT2D eigenvalue weighted by atomic mass is 9.92. The van der Waals surface area contributed by atoms with E-state index in [1.807, 2.05) is 23.1 Å². The van der Waals surface area contributed by atoms with Crippen LogP contribution >= 0.6 is 11.8 Å². The SMILES string of the molecule is Cc1ccc(SCc2cccc(C(=O)N3CC(C)CC(C)C3)n2)c(C)c1. The molecular weight excluding hydrogens is 340 g/mol. The first kappa shape index (κ1) is 19.0. The molecule has 2 aromatic rings. The van der Waals surface area contributed by atoms with Crippen molar-refractivity contribution in [2.45, 2.75) is 44.8 Å². The second kappa shape index (κ2) is 8.26. The van der Waals surface area contributed by atoms with Gasteiger partial charge in [0.15, 0.2) is 0 Å². The summed E-state index contributed by atoms with van der Waals surface area (Å²) in [6.45, 7) is 10.4. The highest BCUT2D eigenvalue weighted by Gasteiger charge is 2.26. The van der Waals surface area contributed by atoms with Gasteiger partial charge in [0.25, 0.3) is 5.91 Å². The molecule has 2 unspecified atom stereocenters. The third-order valence-corrected chi connectivity index (χ3v) is 6.10. The molecule has 4 heteroatoms. The Morgan fingerprint density at radius 3 is 2.58 bits per heavy atom. The average molecular weight is 369 g/mol. The third kappa shape index (κ3) is 4.67. The molecule has 138 valence electrons. The van der Waals surface area contributed by atoms with E-state index in [0.717, 1.165) is 24.5 Å². The molecule has 26 heavy (non-hydrogen) atoms. The van der Waals surface area contributed by atoms with Crippen molar-refractivity contribution in [1.82, 2.24) is 9.88 Å². The number of carbonyl (C=O) groups excluding carboxylic acids is 1. The van der Waals surface area contributed by atoms with Gasteiger partial charge in [-0.1, -0.05) is 37.6 Å². The Labute approximate surface area is 161 Å². The summed E-state index contributed by atoms with van der Waals surface area (Å²) in [6, 6.07) is 12.3. The van der Waals surface area contributed by atoms with E-state index in [2.05, 4.69) is 50.9 Å². The van der Waals surface area contributed by atoms with Gasteiger partial charge >= 0.3 is 0 Å². The van der Waals surface area contributed by atoms with E-state index < -0.39 is 0 Å². The van der Waals surface area contributed by atoms with Crippen LogP contribution in [0.2, 0.25) is 0 Å². The van der Waals surface area contributed by atoms with Crippen LogP contribution in [0.15, 0.2) is 41.3 Å². The number of amides is 1. The van der Waals surface area contributed by atoms with Crippen molar-refractivity contribution in [1.29, 1.82) is 0 Å². The molecule has 0 aliphatic carbocycles. The Balaban J connectivity index is 1.68. The Morgan fingerprint density at radius 2 is 1.88 bits per heavy atom. The molecule has 1 aliphatic heterocycles. The van der Waals surface area contributed by atoms with E-state index in [4.69, 9.17) is 0 Å². The summed E-state index contributed by atoms with van der Waals surface area (Å²) in [5.74, 6) is 1.97. The van der Waals surface area contributed by atoms with Crippen LogP contribution < -0.4 is 0 Å². The van der Waals surface area contributed by atoms with Crippen LogP contribution in [0.1, 0.15) is 47.6 Å². The van der Waals surface area contributed by atoms with Crippen LogP contribution in [-0.2, 0) is 5.75 Å². The van der Waals surface area contributed by atoms with Gasteiger partial charge in [-0.15, -0.1) is 11.8 Å². The zero-order valence-electron chi connectivity index (χ0n) is 16.2. The first-order chi connectivity index (χ1) is 12.4. The minimum absolute atomic E-state index is 0.0711. The predicted molar refractivity (Wildman–Crippen MR) is 109 cm³/mol. The number of benzene rings is 1. The van der Waals surface area contributed by atoms with Crippen molar-refractivity contribution in [2.24, 2.45) is 11.8 Å². The second-order valence-electron chi connectivity index (χ2n) is 7.73. The van der Waals surface area contributed by atoms with E-state index >= 15 is 0 Å². The number of carbonyl (C=O) groups is 1. The molecule has 3 nitrogen and oxygen atoms in total. The van der Waals surface area contributed by atoms with Crippen molar-refractivity contribution < 1.29 is 4.79 Å². The van der Waals surface area contributed by atoms with Crippen molar-refractivity contribution in [3.05, 3.63) is 58.9 Å². The van der Waals surface area contributed by atoms with Gasteiger partial charge in [0.2, 0.25) is 0 Å². The normalized spacial score (nSPS) is 20.2. The molecule has 0 radical (unpaired) electrons. The smallest absolute Gasteiger partial charge is 0.272 e. The van der Waals surface area contributed by atoms with Gasteiger partial charge < -0.3 is 4.90 Å². The molecule has 2 heterocycles. The van der Waals surface area contributed by atoms with E-state index in [0.29, 0.717) is 17.5 Å². The first-order valence-corrected chi connectivity index (χ1v) is 10.4. The molecule has 0 spiro atoms. The zero-order chi connectivity index (χ0) is 18.7. The minimum Gasteiger partial charge on any atom is -0.337 e. The van der Waals surface area contributed by atoms with Crippen LogP contribution in [0, 0.1) is 25.7 Å². The number of aromatic nitrogens is 1. The fourth-order valence-corrected chi connectivity index (χ4v) is 4.70. The second-order valence-corrected chi connectivity index (χ2v) is 8.75. The van der Waals surface area contributed by atoms with Crippen molar-refractivity contribution in [3.8, 4) is 0 Å². The number of piperidine rings is 1. The molecule has 1 amide bonds. The molecular formula is C22H28N2OS. The zero-order valence-corrected chi connectivity index (χ0v) is 17.0. The molecule has 1 aromatic heterocycles. The lowest BCUT2D eigenvalue weighted by Crippen LogP contribution is -2.42. The number of nitrogens with zero attached hydrogens (tertiary/aromatic N) is 2. The van der Waals surface area contributed by atoms with E-state index in [1.165, 1.54) is 22.4 Å². The maximum absolute atomic E-state index is 12.9. The van der Waals surface area contributed by atoms with Gasteiger partial charge in [-0.2, -0.15) is 0 Å². The van der Waals surface area contributed by atoms with Crippen LogP contribution in [0.25, 0.3) is 0 Å². The maximum atomic E-state index is 12.9. The number of thioether (sulfide) groups is 1. The fraction of sp³-hybridized carbons (Fsp3) is 0.455. The van der Waals surface area contributed by atoms with Crippen LogP contribution in [-0.4, -0.2) is 28.9 Å². The Kier molecular flexibility index (Phi) is 6.02. The number of likely N-dealkylation sites (tertiary alicyclic amines) is 1. The molecule has 1 aliphatic rings. The van der Waals surface area contributed by atoms with Gasteiger partial charge in [-0.25, -0.2) is 4.98 Å². The highest BCUT2D eigenvalue weighted by Crippen LogP contribution is 2.27. The monoisotopic (exact) mass is 368 g/mol. The Hall–Kier alpha value is -1.81. The summed E-state index contributed by atoms with van der Waals surface area (Å²) in [7, 11) is 0. The van der Waals surface area contributed by atoms with E-state index in [1.54, 1.807) is 11.8 Å². The van der Waals surface area contributed by atoms with Crippen LogP contribution in [0.3, 0.4) is 0 Å². The van der Waals surface area contributed by atoms with Gasteiger partial charge in [0, 0.05) is 23.7 Å². The Morgan fingerprint density at radius 1 is 1.15 bits per heavy atom. The maximum Gasteiger partial charge on any atom is 0.272 e. The average Bonchev–Trinajstić information content (AvgIpc) is 2.60. The first-order valence-electron chi connectivity index (χ1n) is 9.37. The third-order valence-electron chi connectivity index (χ3n) is 4.89. The number of aryl methyl sites for hydroxylation is 2. The summed E-state index contributed by atoms with van der Waals surface area (Å²) < 4.78 is 0.